The zero-order valence-electron chi connectivity index (χ0n) is 16.3. The van der Waals surface area contributed by atoms with Gasteiger partial charge < -0.3 is 4.98 Å². The summed E-state index contributed by atoms with van der Waals surface area (Å²) in [5.74, 6) is 1.94. The zero-order chi connectivity index (χ0) is 19.3. The van der Waals surface area contributed by atoms with Gasteiger partial charge in [0.05, 0.1) is 18.3 Å². The second kappa shape index (κ2) is 6.77. The van der Waals surface area contributed by atoms with Crippen molar-refractivity contribution < 1.29 is 0 Å². The van der Waals surface area contributed by atoms with Crippen LogP contribution in [0.15, 0.2) is 23.4 Å². The van der Waals surface area contributed by atoms with Crippen molar-refractivity contribution in [1.82, 2.24) is 34.6 Å². The van der Waals surface area contributed by atoms with Crippen LogP contribution in [-0.4, -0.2) is 47.7 Å². The maximum atomic E-state index is 12.6. The number of rotatable bonds is 4. The lowest BCUT2D eigenvalue weighted by Gasteiger charge is -2.41. The van der Waals surface area contributed by atoms with Crippen molar-refractivity contribution in [3.63, 3.8) is 0 Å². The van der Waals surface area contributed by atoms with E-state index >= 15 is 0 Å². The molecule has 1 saturated carbocycles. The topological polar surface area (TPSA) is 92.6 Å². The molecule has 2 aliphatic rings. The molecule has 0 aromatic carbocycles. The van der Waals surface area contributed by atoms with Crippen LogP contribution in [0.25, 0.3) is 11.0 Å². The third-order valence-electron chi connectivity index (χ3n) is 6.17. The first-order chi connectivity index (χ1) is 13.6. The number of aromatic amines is 1. The highest BCUT2D eigenvalue weighted by molar-refractivity contribution is 5.73. The van der Waals surface area contributed by atoms with Gasteiger partial charge in [0.1, 0.15) is 17.0 Å². The second-order valence-electron chi connectivity index (χ2n) is 8.16. The maximum absolute atomic E-state index is 12.6. The molecule has 1 aliphatic heterocycles. The molecular weight excluding hydrogens is 354 g/mol. The molecule has 1 aliphatic carbocycles. The minimum absolute atomic E-state index is 0.0331. The molecule has 0 spiro atoms. The third kappa shape index (κ3) is 2.92. The van der Waals surface area contributed by atoms with Crippen LogP contribution in [0.1, 0.15) is 67.8 Å². The average molecular weight is 379 g/mol. The predicted molar refractivity (Wildman–Crippen MR) is 105 cm³/mol. The van der Waals surface area contributed by atoms with Gasteiger partial charge in [-0.05, 0) is 32.3 Å². The number of nitrogens with one attached hydrogen (secondary N) is 1. The van der Waals surface area contributed by atoms with Gasteiger partial charge in [-0.2, -0.15) is 5.10 Å². The molecule has 28 heavy (non-hydrogen) atoms. The van der Waals surface area contributed by atoms with Crippen molar-refractivity contribution in [3.8, 4) is 0 Å². The number of hydrogen-bond acceptors (Lipinski definition) is 6. The lowest BCUT2D eigenvalue weighted by molar-refractivity contribution is 0.0919. The van der Waals surface area contributed by atoms with E-state index in [-0.39, 0.29) is 11.6 Å². The number of hydrogen-bond donors (Lipinski definition) is 1. The summed E-state index contributed by atoms with van der Waals surface area (Å²) in [6.45, 7) is 5.82. The van der Waals surface area contributed by atoms with Crippen LogP contribution in [0.4, 0.5) is 0 Å². The van der Waals surface area contributed by atoms with Crippen molar-refractivity contribution in [2.24, 2.45) is 0 Å². The van der Waals surface area contributed by atoms with E-state index in [1.165, 1.54) is 12.8 Å². The van der Waals surface area contributed by atoms with Crippen LogP contribution in [0.5, 0.6) is 0 Å². The smallest absolute Gasteiger partial charge is 0.262 e. The Morgan fingerprint density at radius 2 is 1.86 bits per heavy atom. The molecule has 3 aromatic heterocycles. The molecule has 8 heteroatoms. The second-order valence-corrected chi connectivity index (χ2v) is 8.16. The first-order valence-corrected chi connectivity index (χ1v) is 10.1. The van der Waals surface area contributed by atoms with Gasteiger partial charge in [-0.3, -0.25) is 9.69 Å². The number of likely N-dealkylation sites (tertiary alicyclic amines) is 1. The van der Waals surface area contributed by atoms with Crippen LogP contribution in [0.3, 0.4) is 0 Å². The molecule has 0 bridgehead atoms. The van der Waals surface area contributed by atoms with Gasteiger partial charge in [0.15, 0.2) is 5.65 Å². The molecule has 3 aromatic rings. The van der Waals surface area contributed by atoms with Crippen LogP contribution in [0.2, 0.25) is 0 Å². The first-order valence-electron chi connectivity index (χ1n) is 10.1. The minimum Gasteiger partial charge on any atom is -0.309 e. The van der Waals surface area contributed by atoms with Crippen LogP contribution < -0.4 is 5.56 Å². The highest BCUT2D eigenvalue weighted by Gasteiger charge is 2.35. The van der Waals surface area contributed by atoms with Gasteiger partial charge in [-0.1, -0.05) is 12.8 Å². The third-order valence-corrected chi connectivity index (χ3v) is 6.17. The normalized spacial score (nSPS) is 19.9. The number of nitrogens with zero attached hydrogens (tertiary/aromatic N) is 6. The van der Waals surface area contributed by atoms with Crippen LogP contribution in [0, 0.1) is 6.92 Å². The van der Waals surface area contributed by atoms with Gasteiger partial charge in [-0.15, -0.1) is 0 Å². The molecular formula is C20H25N7O. The summed E-state index contributed by atoms with van der Waals surface area (Å²) in [6.07, 6.45) is 10.0. The quantitative estimate of drug-likeness (QED) is 0.749. The van der Waals surface area contributed by atoms with E-state index in [4.69, 9.17) is 4.98 Å². The minimum atomic E-state index is -0.102. The van der Waals surface area contributed by atoms with Crippen molar-refractivity contribution in [2.75, 3.05) is 13.1 Å². The zero-order valence-corrected chi connectivity index (χ0v) is 16.3. The summed E-state index contributed by atoms with van der Waals surface area (Å²) in [7, 11) is 0. The van der Waals surface area contributed by atoms with Gasteiger partial charge >= 0.3 is 0 Å². The van der Waals surface area contributed by atoms with Crippen molar-refractivity contribution in [1.29, 1.82) is 0 Å². The molecule has 1 N–H and O–H groups in total. The largest absolute Gasteiger partial charge is 0.309 e. The predicted octanol–water partition coefficient (Wildman–Crippen LogP) is 2.49. The Hall–Kier alpha value is -2.61. The van der Waals surface area contributed by atoms with Crippen LogP contribution in [-0.2, 0) is 0 Å². The monoisotopic (exact) mass is 379 g/mol. The highest BCUT2D eigenvalue weighted by atomic mass is 16.1. The van der Waals surface area contributed by atoms with Gasteiger partial charge in [0.2, 0.25) is 0 Å². The number of H-pyrrole nitrogens is 1. The van der Waals surface area contributed by atoms with E-state index in [1.807, 2.05) is 24.0 Å². The summed E-state index contributed by atoms with van der Waals surface area (Å²) in [5.41, 5.74) is 1.69. The van der Waals surface area contributed by atoms with E-state index < -0.39 is 0 Å². The standard InChI is InChI=1S/C20H25N7O/c1-12-7-21-18(22-8-12)14-10-26(11-14)13(2)17-24-19-16(20(28)25-17)9-23-27(19)15-5-3-4-6-15/h7-9,13-15H,3-6,10-11H2,1-2H3,(H,24,25,28)/t13-/m1/s1. The molecule has 0 unspecified atom stereocenters. The van der Waals surface area contributed by atoms with E-state index in [9.17, 15) is 4.79 Å². The summed E-state index contributed by atoms with van der Waals surface area (Å²) < 4.78 is 1.97. The van der Waals surface area contributed by atoms with Gasteiger partial charge in [0.25, 0.3) is 5.56 Å². The van der Waals surface area contributed by atoms with E-state index in [0.29, 0.717) is 23.2 Å². The summed E-state index contributed by atoms with van der Waals surface area (Å²) >= 11 is 0. The van der Waals surface area contributed by atoms with E-state index in [0.717, 1.165) is 43.0 Å². The van der Waals surface area contributed by atoms with E-state index in [2.05, 4.69) is 31.9 Å². The molecule has 1 atom stereocenters. The lowest BCUT2D eigenvalue weighted by atomic mass is 9.96. The Labute approximate surface area is 163 Å². The van der Waals surface area contributed by atoms with E-state index in [1.54, 1.807) is 6.20 Å². The van der Waals surface area contributed by atoms with Gasteiger partial charge in [-0.25, -0.2) is 19.6 Å². The molecule has 4 heterocycles. The molecule has 8 nitrogen and oxygen atoms in total. The van der Waals surface area contributed by atoms with Crippen molar-refractivity contribution in [3.05, 3.63) is 46.2 Å². The lowest BCUT2D eigenvalue weighted by Crippen LogP contribution is -2.47. The molecule has 0 amide bonds. The Kier molecular flexibility index (Phi) is 4.23. The van der Waals surface area contributed by atoms with Crippen molar-refractivity contribution >= 4 is 11.0 Å². The highest BCUT2D eigenvalue weighted by Crippen LogP contribution is 2.33. The average Bonchev–Trinajstić information content (AvgIpc) is 3.31. The van der Waals surface area contributed by atoms with Gasteiger partial charge in [0, 0.05) is 31.4 Å². The van der Waals surface area contributed by atoms with Crippen molar-refractivity contribution in [2.45, 2.75) is 57.5 Å². The Morgan fingerprint density at radius 3 is 2.57 bits per heavy atom. The fourth-order valence-corrected chi connectivity index (χ4v) is 4.35. The molecule has 1 saturated heterocycles. The Morgan fingerprint density at radius 1 is 1.14 bits per heavy atom. The first kappa shape index (κ1) is 17.5. The number of fused-ring (bicyclic) bond motifs is 1. The summed E-state index contributed by atoms with van der Waals surface area (Å²) in [4.78, 5) is 31.6. The fourth-order valence-electron chi connectivity index (χ4n) is 4.35. The summed E-state index contributed by atoms with van der Waals surface area (Å²) in [6, 6.07) is 0.396. The molecule has 0 radical (unpaired) electrons. The van der Waals surface area contributed by atoms with Crippen LogP contribution >= 0.6 is 0 Å². The fraction of sp³-hybridized carbons (Fsp3) is 0.550. The Balaban J connectivity index is 1.38. The molecule has 146 valence electrons. The maximum Gasteiger partial charge on any atom is 0.262 e. The number of aryl methyl sites for hydroxylation is 1. The molecule has 2 fully saturated rings. The molecule has 5 rings (SSSR count). The Bertz CT molecular complexity index is 1040. The number of aromatic nitrogens is 6. The SMILES string of the molecule is Cc1cnc(C2CN([C@H](C)c3nc4c(cnn4C4CCCC4)c(=O)[nH]3)C2)nc1. The summed E-state index contributed by atoms with van der Waals surface area (Å²) in [5, 5.41) is 5.06.